The molecule has 0 aromatic heterocycles. The van der Waals surface area contributed by atoms with E-state index in [2.05, 4.69) is 15.5 Å². The fourth-order valence-electron chi connectivity index (χ4n) is 1.51. The molecule has 5 heteroatoms. The maximum absolute atomic E-state index is 11.4. The summed E-state index contributed by atoms with van der Waals surface area (Å²) in [6.07, 6.45) is 3.12. The highest BCUT2D eigenvalue weighted by atomic mass is 16.5. The van der Waals surface area contributed by atoms with Crippen LogP contribution in [0.4, 0.5) is 0 Å². The molecule has 1 saturated carbocycles. The van der Waals surface area contributed by atoms with E-state index in [0.717, 1.165) is 26.2 Å². The number of likely N-dealkylation sites (N-methyl/N-ethyl adjacent to an activating group) is 1. The molecule has 0 aromatic rings. The van der Waals surface area contributed by atoms with Crippen molar-refractivity contribution >= 4 is 5.91 Å². The summed E-state index contributed by atoms with van der Waals surface area (Å²) >= 11 is 0. The molecule has 0 aromatic carbocycles. The number of nitrogens with one attached hydrogen (secondary N) is 2. The Kier molecular flexibility index (Phi) is 7.16. The second-order valence-corrected chi connectivity index (χ2v) is 4.62. The summed E-state index contributed by atoms with van der Waals surface area (Å²) in [6.45, 7) is 4.01. The summed E-state index contributed by atoms with van der Waals surface area (Å²) in [7, 11) is 3.72. The summed E-state index contributed by atoms with van der Waals surface area (Å²) < 4.78 is 4.98. The van der Waals surface area contributed by atoms with Gasteiger partial charge >= 0.3 is 0 Å². The molecule has 1 aliphatic rings. The van der Waals surface area contributed by atoms with Crippen molar-refractivity contribution in [3.63, 3.8) is 0 Å². The summed E-state index contributed by atoms with van der Waals surface area (Å²) in [5, 5.41) is 6.25. The molecule has 0 heterocycles. The summed E-state index contributed by atoms with van der Waals surface area (Å²) in [5.41, 5.74) is 0. The van der Waals surface area contributed by atoms with Gasteiger partial charge in [0.2, 0.25) is 5.91 Å². The van der Waals surface area contributed by atoms with E-state index in [-0.39, 0.29) is 5.91 Å². The van der Waals surface area contributed by atoms with Gasteiger partial charge in [-0.1, -0.05) is 0 Å². The molecule has 0 radical (unpaired) electrons. The van der Waals surface area contributed by atoms with E-state index in [1.54, 1.807) is 7.11 Å². The molecule has 0 aliphatic heterocycles. The molecular formula is C12H25N3O2. The average molecular weight is 243 g/mol. The van der Waals surface area contributed by atoms with Crippen molar-refractivity contribution in [3.05, 3.63) is 0 Å². The lowest BCUT2D eigenvalue weighted by atomic mass is 10.4. The van der Waals surface area contributed by atoms with Crippen molar-refractivity contribution in [3.8, 4) is 0 Å². The number of nitrogens with zero attached hydrogens (tertiary/aromatic N) is 1. The van der Waals surface area contributed by atoms with Crippen LogP contribution in [0.5, 0.6) is 0 Å². The van der Waals surface area contributed by atoms with E-state index >= 15 is 0 Å². The predicted octanol–water partition coefficient (Wildman–Crippen LogP) is -0.177. The van der Waals surface area contributed by atoms with Crippen molar-refractivity contribution in [2.24, 2.45) is 0 Å². The van der Waals surface area contributed by atoms with Crippen LogP contribution >= 0.6 is 0 Å². The Bertz CT molecular complexity index is 220. The van der Waals surface area contributed by atoms with Gasteiger partial charge in [0.1, 0.15) is 0 Å². The van der Waals surface area contributed by atoms with Crippen LogP contribution in [0.25, 0.3) is 0 Å². The van der Waals surface area contributed by atoms with Crippen LogP contribution in [0.3, 0.4) is 0 Å². The van der Waals surface area contributed by atoms with Gasteiger partial charge < -0.3 is 20.3 Å². The Labute approximate surface area is 104 Å². The van der Waals surface area contributed by atoms with E-state index in [4.69, 9.17) is 4.74 Å². The first-order valence-corrected chi connectivity index (χ1v) is 6.40. The zero-order valence-electron chi connectivity index (χ0n) is 11.0. The Hall–Kier alpha value is -0.650. The van der Waals surface area contributed by atoms with E-state index in [1.807, 2.05) is 7.05 Å². The highest BCUT2D eigenvalue weighted by Gasteiger charge is 2.19. The number of amides is 1. The van der Waals surface area contributed by atoms with Crippen LogP contribution in [0.15, 0.2) is 0 Å². The standard InChI is InChI=1S/C12H25N3O2/c1-15(9-10-17-2)8-7-14-12(16)5-6-13-11-3-4-11/h11,13H,3-10H2,1-2H3,(H,14,16). The SMILES string of the molecule is COCCN(C)CCNC(=O)CCNC1CC1. The topological polar surface area (TPSA) is 53.6 Å². The number of rotatable bonds is 10. The van der Waals surface area contributed by atoms with Gasteiger partial charge in [-0.15, -0.1) is 0 Å². The lowest BCUT2D eigenvalue weighted by Gasteiger charge is -2.16. The summed E-state index contributed by atoms with van der Waals surface area (Å²) in [4.78, 5) is 13.6. The number of carbonyl (C=O) groups is 1. The van der Waals surface area contributed by atoms with Crippen LogP contribution in [0.1, 0.15) is 19.3 Å². The van der Waals surface area contributed by atoms with Crippen molar-refractivity contribution in [1.29, 1.82) is 0 Å². The Morgan fingerprint density at radius 3 is 2.76 bits per heavy atom. The first-order valence-electron chi connectivity index (χ1n) is 6.40. The first kappa shape index (κ1) is 14.4. The number of carbonyl (C=O) groups excluding carboxylic acids is 1. The van der Waals surface area contributed by atoms with Gasteiger partial charge in [-0.05, 0) is 19.9 Å². The maximum atomic E-state index is 11.4. The molecule has 0 spiro atoms. The highest BCUT2D eigenvalue weighted by molar-refractivity contribution is 5.76. The number of ether oxygens (including phenoxy) is 1. The first-order chi connectivity index (χ1) is 8.22. The van der Waals surface area contributed by atoms with E-state index < -0.39 is 0 Å². The molecule has 17 heavy (non-hydrogen) atoms. The van der Waals surface area contributed by atoms with Gasteiger partial charge in [0.25, 0.3) is 0 Å². The summed E-state index contributed by atoms with van der Waals surface area (Å²) in [5.74, 6) is 0.137. The van der Waals surface area contributed by atoms with Gasteiger partial charge in [-0.25, -0.2) is 0 Å². The van der Waals surface area contributed by atoms with Gasteiger partial charge in [-0.2, -0.15) is 0 Å². The quantitative estimate of drug-likeness (QED) is 0.559. The Morgan fingerprint density at radius 1 is 1.35 bits per heavy atom. The van der Waals surface area contributed by atoms with E-state index in [9.17, 15) is 4.79 Å². The second kappa shape index (κ2) is 8.44. The third kappa shape index (κ3) is 8.12. The molecule has 0 saturated heterocycles. The van der Waals surface area contributed by atoms with E-state index in [1.165, 1.54) is 12.8 Å². The minimum Gasteiger partial charge on any atom is -0.383 e. The molecule has 0 unspecified atom stereocenters. The molecule has 1 amide bonds. The monoisotopic (exact) mass is 243 g/mol. The molecule has 0 atom stereocenters. The molecule has 100 valence electrons. The van der Waals surface area contributed by atoms with Gasteiger partial charge in [0.05, 0.1) is 6.61 Å². The molecule has 2 N–H and O–H groups in total. The third-order valence-electron chi connectivity index (χ3n) is 2.86. The number of methoxy groups -OCH3 is 1. The van der Waals surface area contributed by atoms with Gasteiger partial charge in [-0.3, -0.25) is 4.79 Å². The minimum atomic E-state index is 0.137. The normalized spacial score (nSPS) is 15.2. The fourth-order valence-corrected chi connectivity index (χ4v) is 1.51. The molecule has 1 fully saturated rings. The van der Waals surface area contributed by atoms with Crippen molar-refractivity contribution in [2.75, 3.05) is 46.9 Å². The Morgan fingerprint density at radius 2 is 2.12 bits per heavy atom. The molecule has 0 bridgehead atoms. The molecule has 1 aliphatic carbocycles. The van der Waals surface area contributed by atoms with Crippen LogP contribution in [-0.2, 0) is 9.53 Å². The number of hydrogen-bond acceptors (Lipinski definition) is 4. The van der Waals surface area contributed by atoms with Crippen LogP contribution in [-0.4, -0.2) is 63.8 Å². The zero-order valence-corrected chi connectivity index (χ0v) is 11.0. The Balaban J connectivity index is 1.87. The fraction of sp³-hybridized carbons (Fsp3) is 0.917. The summed E-state index contributed by atoms with van der Waals surface area (Å²) in [6, 6.07) is 0.683. The van der Waals surface area contributed by atoms with Crippen molar-refractivity contribution in [1.82, 2.24) is 15.5 Å². The van der Waals surface area contributed by atoms with Gasteiger partial charge in [0, 0.05) is 45.8 Å². The smallest absolute Gasteiger partial charge is 0.221 e. The van der Waals surface area contributed by atoms with Crippen molar-refractivity contribution in [2.45, 2.75) is 25.3 Å². The van der Waals surface area contributed by atoms with Gasteiger partial charge in [0.15, 0.2) is 0 Å². The predicted molar refractivity (Wildman–Crippen MR) is 68.0 cm³/mol. The minimum absolute atomic E-state index is 0.137. The van der Waals surface area contributed by atoms with Crippen molar-refractivity contribution < 1.29 is 9.53 Å². The lowest BCUT2D eigenvalue weighted by Crippen LogP contribution is -2.35. The molecular weight excluding hydrogens is 218 g/mol. The molecule has 5 nitrogen and oxygen atoms in total. The highest BCUT2D eigenvalue weighted by Crippen LogP contribution is 2.18. The average Bonchev–Trinajstić information content (AvgIpc) is 3.10. The lowest BCUT2D eigenvalue weighted by molar-refractivity contribution is -0.121. The van der Waals surface area contributed by atoms with Crippen LogP contribution in [0, 0.1) is 0 Å². The van der Waals surface area contributed by atoms with Crippen LogP contribution < -0.4 is 10.6 Å². The van der Waals surface area contributed by atoms with E-state index in [0.29, 0.717) is 19.0 Å². The van der Waals surface area contributed by atoms with Crippen LogP contribution in [0.2, 0.25) is 0 Å². The largest absolute Gasteiger partial charge is 0.383 e. The number of hydrogen-bond donors (Lipinski definition) is 2. The third-order valence-corrected chi connectivity index (χ3v) is 2.86. The zero-order chi connectivity index (χ0) is 12.5. The maximum Gasteiger partial charge on any atom is 0.221 e. The molecule has 1 rings (SSSR count). The second-order valence-electron chi connectivity index (χ2n) is 4.62.